The van der Waals surface area contributed by atoms with E-state index in [1.807, 2.05) is 13.0 Å². The summed E-state index contributed by atoms with van der Waals surface area (Å²) >= 11 is 0. The molecule has 2 aromatic heterocycles. The van der Waals surface area contributed by atoms with E-state index in [4.69, 9.17) is 10.2 Å². The largest absolute Gasteiger partial charge is 0.469 e. The minimum atomic E-state index is -0.786. The quantitative estimate of drug-likeness (QED) is 0.808. The summed E-state index contributed by atoms with van der Waals surface area (Å²) in [6.07, 6.45) is 2.44. The number of rotatable bonds is 2. The zero-order valence-electron chi connectivity index (χ0n) is 9.27. The van der Waals surface area contributed by atoms with Gasteiger partial charge in [0.15, 0.2) is 0 Å². The van der Waals surface area contributed by atoms with Crippen LogP contribution in [0.25, 0.3) is 0 Å². The van der Waals surface area contributed by atoms with Crippen LogP contribution in [0, 0.1) is 13.8 Å². The van der Waals surface area contributed by atoms with Crippen molar-refractivity contribution >= 4 is 5.82 Å². The number of aliphatic hydroxyl groups is 1. The van der Waals surface area contributed by atoms with Gasteiger partial charge in [0.1, 0.15) is 17.7 Å². The second kappa shape index (κ2) is 3.98. The van der Waals surface area contributed by atoms with Crippen molar-refractivity contribution in [2.75, 3.05) is 5.73 Å². The molecule has 3 N–H and O–H groups in total. The third-order valence-electron chi connectivity index (χ3n) is 2.57. The smallest absolute Gasteiger partial charge is 0.129 e. The minimum absolute atomic E-state index is 0.346. The Morgan fingerprint density at radius 2 is 2.12 bits per heavy atom. The van der Waals surface area contributed by atoms with Crippen LogP contribution >= 0.6 is 0 Å². The highest BCUT2D eigenvalue weighted by Gasteiger charge is 2.18. The van der Waals surface area contributed by atoms with Crippen LogP contribution in [0.3, 0.4) is 0 Å². The van der Waals surface area contributed by atoms with Crippen LogP contribution in [0.1, 0.15) is 28.6 Å². The van der Waals surface area contributed by atoms with Crippen LogP contribution < -0.4 is 5.73 Å². The van der Waals surface area contributed by atoms with Gasteiger partial charge in [-0.25, -0.2) is 4.98 Å². The normalized spacial score (nSPS) is 12.7. The summed E-state index contributed by atoms with van der Waals surface area (Å²) in [5.41, 5.74) is 8.04. The Morgan fingerprint density at radius 1 is 1.38 bits per heavy atom. The topological polar surface area (TPSA) is 72.3 Å². The molecule has 4 heteroatoms. The first-order chi connectivity index (χ1) is 7.59. The average molecular weight is 218 g/mol. The van der Waals surface area contributed by atoms with Gasteiger partial charge in [-0.05, 0) is 31.5 Å². The van der Waals surface area contributed by atoms with Crippen molar-refractivity contribution < 1.29 is 9.52 Å². The van der Waals surface area contributed by atoms with E-state index in [9.17, 15) is 5.11 Å². The maximum atomic E-state index is 10.2. The van der Waals surface area contributed by atoms with Crippen LogP contribution in [-0.4, -0.2) is 10.1 Å². The molecule has 0 radical (unpaired) electrons. The molecule has 2 aromatic rings. The molecule has 2 rings (SSSR count). The van der Waals surface area contributed by atoms with Gasteiger partial charge in [-0.15, -0.1) is 0 Å². The number of nitrogens with two attached hydrogens (primary N) is 1. The van der Waals surface area contributed by atoms with E-state index in [2.05, 4.69) is 4.98 Å². The van der Waals surface area contributed by atoms with Gasteiger partial charge >= 0.3 is 0 Å². The van der Waals surface area contributed by atoms with E-state index in [1.54, 1.807) is 25.5 Å². The van der Waals surface area contributed by atoms with Gasteiger partial charge in [0.05, 0.1) is 6.26 Å². The van der Waals surface area contributed by atoms with Crippen LogP contribution in [-0.2, 0) is 0 Å². The number of pyridine rings is 1. The number of hydrogen-bond acceptors (Lipinski definition) is 4. The molecule has 0 aliphatic carbocycles. The molecule has 1 atom stereocenters. The van der Waals surface area contributed by atoms with Crippen molar-refractivity contribution in [3.05, 3.63) is 47.0 Å². The van der Waals surface area contributed by atoms with Gasteiger partial charge in [0, 0.05) is 17.3 Å². The van der Waals surface area contributed by atoms with Crippen molar-refractivity contribution in [1.29, 1.82) is 0 Å². The van der Waals surface area contributed by atoms with Gasteiger partial charge in [0.25, 0.3) is 0 Å². The molecular formula is C12H14N2O2. The summed E-state index contributed by atoms with van der Waals surface area (Å²) in [6, 6.07) is 3.57. The van der Waals surface area contributed by atoms with E-state index in [0.717, 1.165) is 11.1 Å². The second-order valence-electron chi connectivity index (χ2n) is 3.82. The molecule has 0 bridgehead atoms. The Bertz CT molecular complexity index is 505. The highest BCUT2D eigenvalue weighted by Crippen LogP contribution is 2.28. The summed E-state index contributed by atoms with van der Waals surface area (Å²) < 4.78 is 5.16. The molecule has 0 aromatic carbocycles. The fourth-order valence-corrected chi connectivity index (χ4v) is 1.67. The predicted octanol–water partition coefficient (Wildman–Crippen LogP) is 1.96. The van der Waals surface area contributed by atoms with Crippen molar-refractivity contribution in [1.82, 2.24) is 4.98 Å². The van der Waals surface area contributed by atoms with Crippen molar-refractivity contribution in [3.8, 4) is 0 Å². The number of nitrogens with zero attached hydrogens (tertiary/aromatic N) is 1. The van der Waals surface area contributed by atoms with Gasteiger partial charge in [0.2, 0.25) is 0 Å². The van der Waals surface area contributed by atoms with Gasteiger partial charge in [-0.3, -0.25) is 0 Å². The Balaban J connectivity index is 2.45. The minimum Gasteiger partial charge on any atom is -0.469 e. The lowest BCUT2D eigenvalue weighted by Crippen LogP contribution is -2.06. The molecule has 16 heavy (non-hydrogen) atoms. The monoisotopic (exact) mass is 218 g/mol. The van der Waals surface area contributed by atoms with Crippen LogP contribution in [0.15, 0.2) is 29.0 Å². The molecule has 1 unspecified atom stereocenters. The molecule has 0 fully saturated rings. The Kier molecular flexibility index (Phi) is 2.66. The second-order valence-corrected chi connectivity index (χ2v) is 3.82. The van der Waals surface area contributed by atoms with Gasteiger partial charge in [-0.1, -0.05) is 0 Å². The molecular weight excluding hydrogens is 204 g/mol. The first-order valence-corrected chi connectivity index (χ1v) is 5.03. The predicted molar refractivity (Wildman–Crippen MR) is 60.9 cm³/mol. The molecule has 0 saturated carbocycles. The maximum absolute atomic E-state index is 10.2. The fourth-order valence-electron chi connectivity index (χ4n) is 1.67. The Hall–Kier alpha value is -1.81. The highest BCUT2D eigenvalue weighted by atomic mass is 16.3. The molecule has 0 spiro atoms. The number of furan rings is 1. The van der Waals surface area contributed by atoms with E-state index < -0.39 is 6.10 Å². The number of nitrogen functional groups attached to an aromatic ring is 1. The van der Waals surface area contributed by atoms with Crippen molar-refractivity contribution in [2.45, 2.75) is 20.0 Å². The SMILES string of the molecule is Cc1cnc(N)c(C(O)c2ccoc2C)c1. The maximum Gasteiger partial charge on any atom is 0.129 e. The number of aliphatic hydroxyl groups excluding tert-OH is 1. The van der Waals surface area contributed by atoms with Crippen LogP contribution in [0.4, 0.5) is 5.82 Å². The lowest BCUT2D eigenvalue weighted by atomic mass is 10.0. The zero-order valence-corrected chi connectivity index (χ0v) is 9.27. The first kappa shape index (κ1) is 10.7. The van der Waals surface area contributed by atoms with Crippen LogP contribution in [0.5, 0.6) is 0 Å². The van der Waals surface area contributed by atoms with E-state index in [-0.39, 0.29) is 0 Å². The van der Waals surface area contributed by atoms with E-state index in [1.165, 1.54) is 0 Å². The average Bonchev–Trinajstić information content (AvgIpc) is 2.67. The summed E-state index contributed by atoms with van der Waals surface area (Å²) in [7, 11) is 0. The number of anilines is 1. The van der Waals surface area contributed by atoms with Gasteiger partial charge in [-0.2, -0.15) is 0 Å². The molecule has 2 heterocycles. The van der Waals surface area contributed by atoms with Gasteiger partial charge < -0.3 is 15.3 Å². The van der Waals surface area contributed by atoms with Crippen LogP contribution in [0.2, 0.25) is 0 Å². The fraction of sp³-hybridized carbons (Fsp3) is 0.250. The lowest BCUT2D eigenvalue weighted by molar-refractivity contribution is 0.218. The first-order valence-electron chi connectivity index (χ1n) is 5.03. The standard InChI is InChI=1S/C12H14N2O2/c1-7-5-10(12(13)14-6-7)11(15)9-3-4-16-8(9)2/h3-6,11,15H,1-2H3,(H2,13,14). The summed E-state index contributed by atoms with van der Waals surface area (Å²) in [5.74, 6) is 1.03. The summed E-state index contributed by atoms with van der Waals surface area (Å²) in [5, 5.41) is 10.2. The van der Waals surface area contributed by atoms with Crippen molar-refractivity contribution in [2.24, 2.45) is 0 Å². The number of aryl methyl sites for hydroxylation is 2. The highest BCUT2D eigenvalue weighted by molar-refractivity contribution is 5.46. The number of aromatic nitrogens is 1. The molecule has 4 nitrogen and oxygen atoms in total. The molecule has 0 saturated heterocycles. The summed E-state index contributed by atoms with van der Waals surface area (Å²) in [4.78, 5) is 4.03. The van der Waals surface area contributed by atoms with Crippen molar-refractivity contribution in [3.63, 3.8) is 0 Å². The lowest BCUT2D eigenvalue weighted by Gasteiger charge is -2.12. The molecule has 0 amide bonds. The Morgan fingerprint density at radius 3 is 2.75 bits per heavy atom. The summed E-state index contributed by atoms with van der Waals surface area (Å²) in [6.45, 7) is 3.71. The zero-order chi connectivity index (χ0) is 11.7. The third-order valence-corrected chi connectivity index (χ3v) is 2.57. The molecule has 0 aliphatic rings. The Labute approximate surface area is 93.7 Å². The number of hydrogen-bond donors (Lipinski definition) is 2. The van der Waals surface area contributed by atoms with E-state index >= 15 is 0 Å². The molecule has 0 aliphatic heterocycles. The molecule has 84 valence electrons. The third kappa shape index (κ3) is 1.79. The van der Waals surface area contributed by atoms with E-state index in [0.29, 0.717) is 17.1 Å².